The highest BCUT2D eigenvalue weighted by molar-refractivity contribution is 5.26. The van der Waals surface area contributed by atoms with Gasteiger partial charge in [0.15, 0.2) is 0 Å². The van der Waals surface area contributed by atoms with Crippen LogP contribution in [0.3, 0.4) is 0 Å². The molecule has 3 heteroatoms. The first kappa shape index (κ1) is 12.5. The van der Waals surface area contributed by atoms with Crippen LogP contribution in [0.4, 0.5) is 4.39 Å². The van der Waals surface area contributed by atoms with E-state index < -0.39 is 0 Å². The molecule has 0 bridgehead atoms. The van der Waals surface area contributed by atoms with Gasteiger partial charge in [-0.15, -0.1) is 0 Å². The van der Waals surface area contributed by atoms with Gasteiger partial charge in [0, 0.05) is 25.3 Å². The maximum atomic E-state index is 13.0. The summed E-state index contributed by atoms with van der Waals surface area (Å²) in [5.74, 6) is -0.163. The molecule has 94 valence electrons. The van der Waals surface area contributed by atoms with Crippen molar-refractivity contribution in [2.75, 3.05) is 13.2 Å². The third-order valence-corrected chi connectivity index (χ3v) is 3.61. The van der Waals surface area contributed by atoms with Gasteiger partial charge >= 0.3 is 0 Å². The standard InChI is InChI=1S/C14H20FNO/c1-11-9-13(15)4-3-12(11)10-16-14(2)5-7-17-8-6-14/h3-4,9,16H,5-8,10H2,1-2H3. The van der Waals surface area contributed by atoms with Gasteiger partial charge in [-0.2, -0.15) is 0 Å². The second-order valence-corrected chi connectivity index (χ2v) is 5.10. The van der Waals surface area contributed by atoms with E-state index in [0.717, 1.165) is 38.2 Å². The summed E-state index contributed by atoms with van der Waals surface area (Å²) in [6.07, 6.45) is 2.07. The van der Waals surface area contributed by atoms with E-state index in [9.17, 15) is 4.39 Å². The Morgan fingerprint density at radius 1 is 1.35 bits per heavy atom. The van der Waals surface area contributed by atoms with Crippen LogP contribution < -0.4 is 5.32 Å². The Kier molecular flexibility index (Phi) is 3.79. The zero-order chi connectivity index (χ0) is 12.3. The van der Waals surface area contributed by atoms with Crippen LogP contribution in [0.1, 0.15) is 30.9 Å². The predicted octanol–water partition coefficient (Wildman–Crippen LogP) is 2.79. The summed E-state index contributed by atoms with van der Waals surface area (Å²) in [6.45, 7) is 6.63. The minimum Gasteiger partial charge on any atom is -0.381 e. The second kappa shape index (κ2) is 5.15. The Morgan fingerprint density at radius 2 is 2.06 bits per heavy atom. The van der Waals surface area contributed by atoms with E-state index in [1.165, 1.54) is 11.6 Å². The van der Waals surface area contributed by atoms with Crippen LogP contribution in [-0.2, 0) is 11.3 Å². The monoisotopic (exact) mass is 237 g/mol. The Labute approximate surface area is 102 Å². The Balaban J connectivity index is 1.97. The highest BCUT2D eigenvalue weighted by Gasteiger charge is 2.26. The van der Waals surface area contributed by atoms with Crippen LogP contribution in [-0.4, -0.2) is 18.8 Å². The number of hydrogen-bond acceptors (Lipinski definition) is 2. The van der Waals surface area contributed by atoms with Crippen LogP contribution in [0.25, 0.3) is 0 Å². The van der Waals surface area contributed by atoms with Gasteiger partial charge in [-0.1, -0.05) is 6.07 Å². The van der Waals surface area contributed by atoms with Gasteiger partial charge in [0.25, 0.3) is 0 Å². The summed E-state index contributed by atoms with van der Waals surface area (Å²) in [7, 11) is 0. The molecule has 0 unspecified atom stereocenters. The highest BCUT2D eigenvalue weighted by atomic mass is 19.1. The first-order valence-electron chi connectivity index (χ1n) is 6.17. The summed E-state index contributed by atoms with van der Waals surface area (Å²) < 4.78 is 18.3. The lowest BCUT2D eigenvalue weighted by molar-refractivity contribution is 0.0446. The molecular formula is C14H20FNO. The zero-order valence-electron chi connectivity index (χ0n) is 10.6. The summed E-state index contributed by atoms with van der Waals surface area (Å²) in [4.78, 5) is 0. The average molecular weight is 237 g/mol. The molecule has 1 aliphatic heterocycles. The molecule has 0 atom stereocenters. The number of hydrogen-bond donors (Lipinski definition) is 1. The molecule has 2 nitrogen and oxygen atoms in total. The van der Waals surface area contributed by atoms with E-state index >= 15 is 0 Å². The van der Waals surface area contributed by atoms with Crippen LogP contribution in [0.2, 0.25) is 0 Å². The number of nitrogens with one attached hydrogen (secondary N) is 1. The van der Waals surface area contributed by atoms with Gasteiger partial charge in [-0.05, 0) is 49.9 Å². The minimum atomic E-state index is -0.163. The third-order valence-electron chi connectivity index (χ3n) is 3.61. The van der Waals surface area contributed by atoms with Crippen molar-refractivity contribution < 1.29 is 9.13 Å². The summed E-state index contributed by atoms with van der Waals surface area (Å²) in [5, 5.41) is 3.57. The molecule has 0 aromatic heterocycles. The van der Waals surface area contributed by atoms with E-state index in [4.69, 9.17) is 4.74 Å². The average Bonchev–Trinajstić information content (AvgIpc) is 2.29. The molecule has 1 fully saturated rings. The first-order chi connectivity index (χ1) is 8.09. The number of halogens is 1. The van der Waals surface area contributed by atoms with Crippen LogP contribution >= 0.6 is 0 Å². The number of benzene rings is 1. The predicted molar refractivity (Wildman–Crippen MR) is 66.4 cm³/mol. The molecule has 1 heterocycles. The molecule has 2 rings (SSSR count). The van der Waals surface area contributed by atoms with Crippen molar-refractivity contribution in [1.82, 2.24) is 5.32 Å². The van der Waals surface area contributed by atoms with E-state index in [0.29, 0.717) is 0 Å². The molecule has 1 aliphatic rings. The second-order valence-electron chi connectivity index (χ2n) is 5.10. The van der Waals surface area contributed by atoms with E-state index in [2.05, 4.69) is 12.2 Å². The van der Waals surface area contributed by atoms with Gasteiger partial charge in [-0.25, -0.2) is 4.39 Å². The van der Waals surface area contributed by atoms with E-state index in [-0.39, 0.29) is 11.4 Å². The maximum absolute atomic E-state index is 13.0. The van der Waals surface area contributed by atoms with Gasteiger partial charge in [0.05, 0.1) is 0 Å². The van der Waals surface area contributed by atoms with Crippen molar-refractivity contribution in [1.29, 1.82) is 0 Å². The molecule has 17 heavy (non-hydrogen) atoms. The normalized spacial score (nSPS) is 19.2. The fourth-order valence-electron chi connectivity index (χ4n) is 2.16. The number of aryl methyl sites for hydroxylation is 1. The molecule has 1 saturated heterocycles. The molecule has 0 radical (unpaired) electrons. The van der Waals surface area contributed by atoms with Crippen molar-refractivity contribution in [3.05, 3.63) is 35.1 Å². The Hall–Kier alpha value is -0.930. The quantitative estimate of drug-likeness (QED) is 0.872. The Morgan fingerprint density at radius 3 is 2.71 bits per heavy atom. The van der Waals surface area contributed by atoms with Gasteiger partial charge in [0.1, 0.15) is 5.82 Å². The first-order valence-corrected chi connectivity index (χ1v) is 6.17. The molecule has 0 spiro atoms. The molecule has 0 saturated carbocycles. The van der Waals surface area contributed by atoms with Crippen molar-refractivity contribution in [2.24, 2.45) is 0 Å². The van der Waals surface area contributed by atoms with E-state index in [1.54, 1.807) is 6.07 Å². The van der Waals surface area contributed by atoms with Gasteiger partial charge in [0.2, 0.25) is 0 Å². The topological polar surface area (TPSA) is 21.3 Å². The van der Waals surface area contributed by atoms with Crippen LogP contribution in [0.15, 0.2) is 18.2 Å². The fourth-order valence-corrected chi connectivity index (χ4v) is 2.16. The molecule has 1 aromatic rings. The van der Waals surface area contributed by atoms with Crippen LogP contribution in [0.5, 0.6) is 0 Å². The van der Waals surface area contributed by atoms with Crippen molar-refractivity contribution in [3.63, 3.8) is 0 Å². The maximum Gasteiger partial charge on any atom is 0.123 e. The molecule has 0 aliphatic carbocycles. The third kappa shape index (κ3) is 3.27. The zero-order valence-corrected chi connectivity index (χ0v) is 10.6. The molecule has 1 N–H and O–H groups in total. The molecule has 1 aromatic carbocycles. The van der Waals surface area contributed by atoms with Crippen LogP contribution in [0, 0.1) is 12.7 Å². The summed E-state index contributed by atoms with van der Waals surface area (Å²) in [6, 6.07) is 4.97. The largest absolute Gasteiger partial charge is 0.381 e. The van der Waals surface area contributed by atoms with Crippen molar-refractivity contribution >= 4 is 0 Å². The lowest BCUT2D eigenvalue weighted by Crippen LogP contribution is -2.46. The number of ether oxygens (including phenoxy) is 1. The summed E-state index contributed by atoms with van der Waals surface area (Å²) >= 11 is 0. The minimum absolute atomic E-state index is 0.152. The van der Waals surface area contributed by atoms with Gasteiger partial charge in [-0.3, -0.25) is 0 Å². The number of rotatable bonds is 3. The molecular weight excluding hydrogens is 217 g/mol. The van der Waals surface area contributed by atoms with Crippen molar-refractivity contribution in [3.8, 4) is 0 Å². The SMILES string of the molecule is Cc1cc(F)ccc1CNC1(C)CCOCC1. The highest BCUT2D eigenvalue weighted by Crippen LogP contribution is 2.21. The lowest BCUT2D eigenvalue weighted by Gasteiger charge is -2.34. The molecule has 0 amide bonds. The summed E-state index contributed by atoms with van der Waals surface area (Å²) in [5.41, 5.74) is 2.33. The van der Waals surface area contributed by atoms with Crippen molar-refractivity contribution in [2.45, 2.75) is 38.8 Å². The smallest absolute Gasteiger partial charge is 0.123 e. The van der Waals surface area contributed by atoms with E-state index in [1.807, 2.05) is 13.0 Å². The fraction of sp³-hybridized carbons (Fsp3) is 0.571. The van der Waals surface area contributed by atoms with Gasteiger partial charge < -0.3 is 10.1 Å². The lowest BCUT2D eigenvalue weighted by atomic mass is 9.92. The Bertz CT molecular complexity index is 386.